The van der Waals surface area contributed by atoms with Crippen LogP contribution in [-0.4, -0.2) is 36.7 Å². The second-order valence-corrected chi connectivity index (χ2v) is 6.56. The van der Waals surface area contributed by atoms with Crippen molar-refractivity contribution in [1.29, 1.82) is 0 Å². The summed E-state index contributed by atoms with van der Waals surface area (Å²) in [4.78, 5) is 14.8. The molecule has 0 saturated heterocycles. The van der Waals surface area contributed by atoms with Crippen molar-refractivity contribution in [2.24, 2.45) is 0 Å². The molecule has 1 amide bonds. The van der Waals surface area contributed by atoms with E-state index in [0.717, 1.165) is 36.9 Å². The van der Waals surface area contributed by atoms with Crippen molar-refractivity contribution in [1.82, 2.24) is 10.2 Å². The zero-order valence-electron chi connectivity index (χ0n) is 12.8. The second-order valence-electron chi connectivity index (χ2n) is 6.16. The maximum Gasteiger partial charge on any atom is 0.251 e. The maximum absolute atomic E-state index is 12.8. The van der Waals surface area contributed by atoms with Crippen molar-refractivity contribution in [3.8, 4) is 11.5 Å². The number of carbonyl (C=O) groups excluding carboxylic acids is 1. The summed E-state index contributed by atoms with van der Waals surface area (Å²) in [5.41, 5.74) is 1.76. The first-order valence-electron chi connectivity index (χ1n) is 8.01. The lowest BCUT2D eigenvalue weighted by Crippen LogP contribution is -2.38. The van der Waals surface area contributed by atoms with Gasteiger partial charge < -0.3 is 19.7 Å². The van der Waals surface area contributed by atoms with Crippen molar-refractivity contribution in [3.63, 3.8) is 0 Å². The van der Waals surface area contributed by atoms with Gasteiger partial charge in [0.2, 0.25) is 6.79 Å². The predicted molar refractivity (Wildman–Crippen MR) is 86.7 cm³/mol. The molecule has 0 bridgehead atoms. The van der Waals surface area contributed by atoms with Crippen molar-refractivity contribution in [2.75, 3.05) is 19.9 Å². The van der Waals surface area contributed by atoms with E-state index >= 15 is 0 Å². The number of carbonyl (C=O) groups is 1. The standard InChI is InChI=1S/C17H19ClN2O3/c18-14-7-16-15(22-10-23-16)6-12(14)9-20(13-3-4-13)17(21)11-2-1-5-19-8-11/h2,6-7,13,19H,1,3-5,8-10H2. The summed E-state index contributed by atoms with van der Waals surface area (Å²) >= 11 is 6.37. The van der Waals surface area contributed by atoms with E-state index in [1.165, 1.54) is 0 Å². The minimum Gasteiger partial charge on any atom is -0.454 e. The highest BCUT2D eigenvalue weighted by Gasteiger charge is 2.34. The normalized spacial score (nSPS) is 19.4. The molecule has 0 aromatic heterocycles. The fourth-order valence-electron chi connectivity index (χ4n) is 3.01. The average Bonchev–Trinajstić information content (AvgIpc) is 3.32. The Labute approximate surface area is 140 Å². The third kappa shape index (κ3) is 3.03. The van der Waals surface area contributed by atoms with Gasteiger partial charge in [-0.25, -0.2) is 0 Å². The first-order valence-corrected chi connectivity index (χ1v) is 8.39. The maximum atomic E-state index is 12.8. The Balaban J connectivity index is 1.57. The number of hydrogen-bond acceptors (Lipinski definition) is 4. The van der Waals surface area contributed by atoms with Gasteiger partial charge >= 0.3 is 0 Å². The lowest BCUT2D eigenvalue weighted by atomic mass is 10.1. The first kappa shape index (κ1) is 14.8. The van der Waals surface area contributed by atoms with Gasteiger partial charge in [0.1, 0.15) is 0 Å². The molecule has 1 aromatic rings. The van der Waals surface area contributed by atoms with Crippen molar-refractivity contribution in [2.45, 2.75) is 31.8 Å². The highest BCUT2D eigenvalue weighted by molar-refractivity contribution is 6.31. The Kier molecular flexibility index (Phi) is 3.91. The molecule has 4 rings (SSSR count). The molecule has 1 aliphatic carbocycles. The summed E-state index contributed by atoms with van der Waals surface area (Å²) in [6.07, 6.45) is 5.09. The van der Waals surface area contributed by atoms with Gasteiger partial charge in [0.15, 0.2) is 11.5 Å². The van der Waals surface area contributed by atoms with Crippen LogP contribution < -0.4 is 14.8 Å². The third-order valence-electron chi connectivity index (χ3n) is 4.43. The molecule has 1 saturated carbocycles. The molecule has 2 aliphatic heterocycles. The molecule has 0 spiro atoms. The smallest absolute Gasteiger partial charge is 0.251 e. The summed E-state index contributed by atoms with van der Waals surface area (Å²) in [6, 6.07) is 3.99. The van der Waals surface area contributed by atoms with Crippen LogP contribution in [0, 0.1) is 0 Å². The Morgan fingerprint density at radius 3 is 2.78 bits per heavy atom. The molecule has 1 N–H and O–H groups in total. The Bertz CT molecular complexity index is 670. The largest absolute Gasteiger partial charge is 0.454 e. The van der Waals surface area contributed by atoms with Crippen LogP contribution in [0.15, 0.2) is 23.8 Å². The summed E-state index contributed by atoms with van der Waals surface area (Å²) in [5, 5.41) is 3.88. The first-order chi connectivity index (χ1) is 11.2. The van der Waals surface area contributed by atoms with Crippen LogP contribution in [0.4, 0.5) is 0 Å². The Morgan fingerprint density at radius 2 is 2.09 bits per heavy atom. The zero-order valence-corrected chi connectivity index (χ0v) is 13.6. The SMILES string of the molecule is O=C(C1=CCCNC1)N(Cc1cc2c(cc1Cl)OCO2)C1CC1. The van der Waals surface area contributed by atoms with Crippen LogP contribution >= 0.6 is 11.6 Å². The summed E-state index contributed by atoms with van der Waals surface area (Å²) in [5.74, 6) is 1.49. The van der Waals surface area contributed by atoms with E-state index in [1.54, 1.807) is 6.07 Å². The van der Waals surface area contributed by atoms with Gasteiger partial charge in [-0.2, -0.15) is 0 Å². The van der Waals surface area contributed by atoms with Crippen molar-refractivity contribution < 1.29 is 14.3 Å². The number of fused-ring (bicyclic) bond motifs is 1. The molecule has 1 aromatic carbocycles. The number of rotatable bonds is 4. The topological polar surface area (TPSA) is 50.8 Å². The van der Waals surface area contributed by atoms with E-state index in [4.69, 9.17) is 21.1 Å². The molecular weight excluding hydrogens is 316 g/mol. The molecule has 23 heavy (non-hydrogen) atoms. The number of halogens is 1. The number of amides is 1. The molecule has 122 valence electrons. The van der Waals surface area contributed by atoms with Crippen LogP contribution in [0.1, 0.15) is 24.8 Å². The third-order valence-corrected chi connectivity index (χ3v) is 4.78. The zero-order chi connectivity index (χ0) is 15.8. The fraction of sp³-hybridized carbons (Fsp3) is 0.471. The number of nitrogens with one attached hydrogen (secondary N) is 1. The lowest BCUT2D eigenvalue weighted by Gasteiger charge is -2.26. The molecule has 1 fully saturated rings. The number of benzene rings is 1. The van der Waals surface area contributed by atoms with E-state index in [2.05, 4.69) is 11.4 Å². The van der Waals surface area contributed by atoms with E-state index in [1.807, 2.05) is 11.0 Å². The number of ether oxygens (including phenoxy) is 2. The van der Waals surface area contributed by atoms with Gasteiger partial charge in [-0.3, -0.25) is 4.79 Å². The van der Waals surface area contributed by atoms with Gasteiger partial charge in [-0.05, 0) is 37.4 Å². The molecule has 0 unspecified atom stereocenters. The van der Waals surface area contributed by atoms with E-state index < -0.39 is 0 Å². The molecule has 5 nitrogen and oxygen atoms in total. The van der Waals surface area contributed by atoms with Crippen molar-refractivity contribution >= 4 is 17.5 Å². The van der Waals surface area contributed by atoms with Gasteiger partial charge in [-0.15, -0.1) is 0 Å². The molecule has 3 aliphatic rings. The molecule has 2 heterocycles. The van der Waals surface area contributed by atoms with Gasteiger partial charge in [0, 0.05) is 35.8 Å². The van der Waals surface area contributed by atoms with E-state index in [9.17, 15) is 4.79 Å². The fourth-order valence-corrected chi connectivity index (χ4v) is 3.22. The van der Waals surface area contributed by atoms with E-state index in [-0.39, 0.29) is 12.7 Å². The van der Waals surface area contributed by atoms with Crippen molar-refractivity contribution in [3.05, 3.63) is 34.4 Å². The average molecular weight is 335 g/mol. The van der Waals surface area contributed by atoms with Crippen LogP contribution in [0.3, 0.4) is 0 Å². The highest BCUT2D eigenvalue weighted by Crippen LogP contribution is 2.38. The summed E-state index contributed by atoms with van der Waals surface area (Å²) in [7, 11) is 0. The van der Waals surface area contributed by atoms with Gasteiger partial charge in [0.25, 0.3) is 5.91 Å². The van der Waals surface area contributed by atoms with Crippen LogP contribution in [0.25, 0.3) is 0 Å². The Morgan fingerprint density at radius 1 is 1.30 bits per heavy atom. The van der Waals surface area contributed by atoms with Gasteiger partial charge in [0.05, 0.1) is 0 Å². The molecular formula is C17H19ClN2O3. The molecule has 6 heteroatoms. The monoisotopic (exact) mass is 334 g/mol. The van der Waals surface area contributed by atoms with E-state index in [0.29, 0.717) is 35.7 Å². The summed E-state index contributed by atoms with van der Waals surface area (Å²) < 4.78 is 10.8. The second kappa shape index (κ2) is 6.06. The Hall–Kier alpha value is -1.72. The van der Waals surface area contributed by atoms with Crippen LogP contribution in [-0.2, 0) is 11.3 Å². The number of hydrogen-bond donors (Lipinski definition) is 1. The van der Waals surface area contributed by atoms with Gasteiger partial charge in [-0.1, -0.05) is 17.7 Å². The molecule has 0 radical (unpaired) electrons. The lowest BCUT2D eigenvalue weighted by molar-refractivity contribution is -0.128. The van der Waals surface area contributed by atoms with Crippen LogP contribution in [0.5, 0.6) is 11.5 Å². The highest BCUT2D eigenvalue weighted by atomic mass is 35.5. The summed E-state index contributed by atoms with van der Waals surface area (Å²) in [6.45, 7) is 2.32. The quantitative estimate of drug-likeness (QED) is 0.919. The van der Waals surface area contributed by atoms with Crippen LogP contribution in [0.2, 0.25) is 5.02 Å². The minimum absolute atomic E-state index is 0.119. The predicted octanol–water partition coefficient (Wildman–Crippen LogP) is 2.48. The molecule has 0 atom stereocenters. The number of nitrogens with zero attached hydrogens (tertiary/aromatic N) is 1. The minimum atomic E-state index is 0.119.